The van der Waals surface area contributed by atoms with Crippen LogP contribution in [0, 0.1) is 11.8 Å². The molecule has 0 aromatic rings. The summed E-state index contributed by atoms with van der Waals surface area (Å²) in [5.74, 6) is 1.06. The summed E-state index contributed by atoms with van der Waals surface area (Å²) in [7, 11) is 0. The normalized spacial score (nSPS) is 27.4. The van der Waals surface area contributed by atoms with Gasteiger partial charge in [-0.3, -0.25) is 0 Å². The predicted octanol–water partition coefficient (Wildman–Crippen LogP) is 5.01. The topological polar surface area (TPSA) is 0 Å². The Morgan fingerprint density at radius 2 is 1.24 bits per heavy atom. The van der Waals surface area contributed by atoms with E-state index in [1.807, 2.05) is 11.8 Å². The summed E-state index contributed by atoms with van der Waals surface area (Å²) in [6.45, 7) is 4.40. The molecule has 0 saturated heterocycles. The molecule has 0 aromatic carbocycles. The third kappa shape index (κ3) is 3.94. The van der Waals surface area contributed by atoms with Crippen molar-refractivity contribution in [3.8, 4) is 0 Å². The van der Waals surface area contributed by atoms with Crippen LogP contribution < -0.4 is 0 Å². The fourth-order valence-corrected chi connectivity index (χ4v) is 2.51. The van der Waals surface area contributed by atoms with Crippen LogP contribution in [0.25, 0.3) is 0 Å². The molecule has 0 aliphatic heterocycles. The Hall–Kier alpha value is -1.21. The van der Waals surface area contributed by atoms with E-state index in [1.165, 1.54) is 9.81 Å². The number of hydrogen-bond donors (Lipinski definition) is 0. The monoisotopic (exact) mass is 242 g/mol. The molecule has 0 amide bonds. The molecule has 88 valence electrons. The summed E-state index contributed by atoms with van der Waals surface area (Å²) in [6, 6.07) is 0. The van der Waals surface area contributed by atoms with Crippen LogP contribution in [0.15, 0.2) is 70.6 Å². The first-order chi connectivity index (χ1) is 8.24. The number of rotatable bonds is 2. The first kappa shape index (κ1) is 12.3. The molecule has 2 atom stereocenters. The van der Waals surface area contributed by atoms with Crippen LogP contribution in [0.2, 0.25) is 0 Å². The predicted molar refractivity (Wildman–Crippen MR) is 78.6 cm³/mol. The van der Waals surface area contributed by atoms with Gasteiger partial charge in [0, 0.05) is 9.81 Å². The van der Waals surface area contributed by atoms with Crippen LogP contribution in [0.1, 0.15) is 13.8 Å². The second-order valence-corrected chi connectivity index (χ2v) is 5.59. The average Bonchev–Trinajstić information content (AvgIpc) is 2.62. The highest BCUT2D eigenvalue weighted by Crippen LogP contribution is 2.30. The molecule has 0 aromatic heterocycles. The zero-order valence-electron chi connectivity index (χ0n) is 10.3. The Labute approximate surface area is 108 Å². The van der Waals surface area contributed by atoms with E-state index in [0.717, 1.165) is 0 Å². The first-order valence-electron chi connectivity index (χ1n) is 6.05. The van der Waals surface area contributed by atoms with Crippen LogP contribution in [-0.2, 0) is 0 Å². The summed E-state index contributed by atoms with van der Waals surface area (Å²) >= 11 is 1.82. The maximum atomic E-state index is 2.24. The van der Waals surface area contributed by atoms with Gasteiger partial charge in [-0.1, -0.05) is 74.2 Å². The van der Waals surface area contributed by atoms with Crippen LogP contribution in [0.5, 0.6) is 0 Å². The average molecular weight is 242 g/mol. The van der Waals surface area contributed by atoms with Crippen molar-refractivity contribution >= 4 is 11.8 Å². The standard InChI is InChI=1S/C16H18S/c1-13-5-3-7-15(11-9-13)17-16-8-4-6-14(2)10-12-16/h3-14H,1-2H3. The van der Waals surface area contributed by atoms with Gasteiger partial charge in [-0.15, -0.1) is 0 Å². The Kier molecular flexibility index (Phi) is 4.27. The molecule has 0 bridgehead atoms. The van der Waals surface area contributed by atoms with E-state index >= 15 is 0 Å². The van der Waals surface area contributed by atoms with Crippen LogP contribution in [-0.4, -0.2) is 0 Å². The van der Waals surface area contributed by atoms with Gasteiger partial charge in [0.1, 0.15) is 0 Å². The Morgan fingerprint density at radius 1 is 0.765 bits per heavy atom. The van der Waals surface area contributed by atoms with Gasteiger partial charge in [-0.05, 0) is 24.0 Å². The zero-order valence-corrected chi connectivity index (χ0v) is 11.2. The molecule has 2 aliphatic rings. The molecule has 1 heteroatoms. The van der Waals surface area contributed by atoms with E-state index in [1.54, 1.807) is 0 Å². The highest BCUT2D eigenvalue weighted by atomic mass is 32.2. The lowest BCUT2D eigenvalue weighted by atomic mass is 10.2. The van der Waals surface area contributed by atoms with Gasteiger partial charge >= 0.3 is 0 Å². The van der Waals surface area contributed by atoms with Gasteiger partial charge in [0.05, 0.1) is 0 Å². The van der Waals surface area contributed by atoms with E-state index in [0.29, 0.717) is 11.8 Å². The second kappa shape index (κ2) is 5.92. The highest BCUT2D eigenvalue weighted by molar-refractivity contribution is 8.07. The minimum absolute atomic E-state index is 0.530. The molecular weight excluding hydrogens is 224 g/mol. The molecule has 2 unspecified atom stereocenters. The van der Waals surface area contributed by atoms with Gasteiger partial charge in [0.2, 0.25) is 0 Å². The van der Waals surface area contributed by atoms with E-state index in [-0.39, 0.29) is 0 Å². The molecule has 0 N–H and O–H groups in total. The third-order valence-electron chi connectivity index (χ3n) is 2.71. The quantitative estimate of drug-likeness (QED) is 0.655. The van der Waals surface area contributed by atoms with Crippen molar-refractivity contribution in [2.75, 3.05) is 0 Å². The smallest absolute Gasteiger partial charge is 0.0119 e. The van der Waals surface area contributed by atoms with Crippen molar-refractivity contribution in [3.63, 3.8) is 0 Å². The number of hydrogen-bond acceptors (Lipinski definition) is 1. The molecule has 0 saturated carbocycles. The van der Waals surface area contributed by atoms with Crippen molar-refractivity contribution in [2.24, 2.45) is 11.8 Å². The Bertz CT molecular complexity index is 402. The summed E-state index contributed by atoms with van der Waals surface area (Å²) < 4.78 is 0. The van der Waals surface area contributed by atoms with E-state index < -0.39 is 0 Å². The fourth-order valence-electron chi connectivity index (χ4n) is 1.66. The first-order valence-corrected chi connectivity index (χ1v) is 6.87. The lowest BCUT2D eigenvalue weighted by molar-refractivity contribution is 0.942. The Balaban J connectivity index is 2.07. The third-order valence-corrected chi connectivity index (χ3v) is 3.73. The van der Waals surface area contributed by atoms with Crippen molar-refractivity contribution in [3.05, 3.63) is 70.6 Å². The molecule has 0 fully saturated rings. The highest BCUT2D eigenvalue weighted by Gasteiger charge is 2.02. The molecule has 2 aliphatic carbocycles. The minimum Gasteiger partial charge on any atom is -0.0901 e. The minimum atomic E-state index is 0.530. The maximum absolute atomic E-state index is 2.24. The fraction of sp³-hybridized carbons (Fsp3) is 0.250. The van der Waals surface area contributed by atoms with Gasteiger partial charge in [0.25, 0.3) is 0 Å². The van der Waals surface area contributed by atoms with Crippen molar-refractivity contribution < 1.29 is 0 Å². The summed E-state index contributed by atoms with van der Waals surface area (Å²) in [4.78, 5) is 2.59. The lowest BCUT2D eigenvalue weighted by Crippen LogP contribution is -1.79. The van der Waals surface area contributed by atoms with Crippen molar-refractivity contribution in [1.29, 1.82) is 0 Å². The molecule has 17 heavy (non-hydrogen) atoms. The molecule has 0 heterocycles. The number of allylic oxidation sites excluding steroid dienone is 10. The zero-order chi connectivity index (χ0) is 12.1. The van der Waals surface area contributed by atoms with Crippen molar-refractivity contribution in [1.82, 2.24) is 0 Å². The van der Waals surface area contributed by atoms with E-state index in [9.17, 15) is 0 Å². The van der Waals surface area contributed by atoms with Gasteiger partial charge in [-0.25, -0.2) is 0 Å². The summed E-state index contributed by atoms with van der Waals surface area (Å²) in [6.07, 6.45) is 22.0. The molecule has 0 radical (unpaired) electrons. The molecule has 2 rings (SSSR count). The summed E-state index contributed by atoms with van der Waals surface area (Å²) in [5, 5.41) is 0. The Morgan fingerprint density at radius 3 is 1.71 bits per heavy atom. The van der Waals surface area contributed by atoms with Crippen molar-refractivity contribution in [2.45, 2.75) is 13.8 Å². The number of thioether (sulfide) groups is 1. The van der Waals surface area contributed by atoms with Crippen LogP contribution >= 0.6 is 11.8 Å². The van der Waals surface area contributed by atoms with Crippen LogP contribution in [0.3, 0.4) is 0 Å². The second-order valence-electron chi connectivity index (χ2n) is 4.45. The van der Waals surface area contributed by atoms with E-state index in [2.05, 4.69) is 74.6 Å². The SMILES string of the molecule is CC1C=CC=C(SC2=CC=CC(C)C=C2)C=C1. The maximum Gasteiger partial charge on any atom is 0.0119 e. The van der Waals surface area contributed by atoms with Gasteiger partial charge < -0.3 is 0 Å². The summed E-state index contributed by atoms with van der Waals surface area (Å²) in [5.41, 5.74) is 0. The molecule has 0 spiro atoms. The van der Waals surface area contributed by atoms with E-state index in [4.69, 9.17) is 0 Å². The van der Waals surface area contributed by atoms with Gasteiger partial charge in [-0.2, -0.15) is 0 Å². The van der Waals surface area contributed by atoms with Crippen LogP contribution in [0.4, 0.5) is 0 Å². The largest absolute Gasteiger partial charge is 0.0901 e. The van der Waals surface area contributed by atoms with Gasteiger partial charge in [0.15, 0.2) is 0 Å². The molecular formula is C16H18S. The lowest BCUT2D eigenvalue weighted by Gasteiger charge is -2.01. The molecule has 0 nitrogen and oxygen atoms in total.